The highest BCUT2D eigenvalue weighted by Gasteiger charge is 2.08. The number of guanidine groups is 1. The smallest absolute Gasteiger partial charge is 0.251 e. The van der Waals surface area contributed by atoms with Crippen molar-refractivity contribution in [1.82, 2.24) is 20.9 Å². The van der Waals surface area contributed by atoms with E-state index < -0.39 is 0 Å². The number of nitrogens with zero attached hydrogens (tertiary/aromatic N) is 2. The average molecular weight is 390 g/mol. The van der Waals surface area contributed by atoms with Crippen LogP contribution in [0.3, 0.4) is 0 Å². The molecule has 0 spiro atoms. The number of carbonyl (C=O) groups is 1. The van der Waals surface area contributed by atoms with Crippen molar-refractivity contribution < 1.29 is 4.79 Å². The van der Waals surface area contributed by atoms with Gasteiger partial charge in [0.25, 0.3) is 5.91 Å². The number of hydrogen-bond donors (Lipinski definition) is 3. The summed E-state index contributed by atoms with van der Waals surface area (Å²) < 4.78 is 0. The molecule has 1 atom stereocenters. The molecule has 1 aromatic carbocycles. The Kier molecular flexibility index (Phi) is 12.0. The first-order valence-corrected chi connectivity index (χ1v) is 10.7. The highest BCUT2D eigenvalue weighted by Crippen LogP contribution is 2.07. The fourth-order valence-electron chi connectivity index (χ4n) is 3.03. The van der Waals surface area contributed by atoms with Crippen molar-refractivity contribution in [1.29, 1.82) is 0 Å². The van der Waals surface area contributed by atoms with Gasteiger partial charge in [0.05, 0.1) is 6.54 Å². The van der Waals surface area contributed by atoms with E-state index in [0.29, 0.717) is 24.7 Å². The number of carbonyl (C=O) groups excluding carboxylic acids is 1. The highest BCUT2D eigenvalue weighted by atomic mass is 16.1. The van der Waals surface area contributed by atoms with Crippen LogP contribution in [-0.4, -0.2) is 55.5 Å². The molecule has 1 aromatic rings. The lowest BCUT2D eigenvalue weighted by Crippen LogP contribution is -2.42. The lowest BCUT2D eigenvalue weighted by molar-refractivity contribution is 0.0955. The first-order valence-electron chi connectivity index (χ1n) is 10.7. The predicted octanol–water partition coefficient (Wildman–Crippen LogP) is 3.00. The summed E-state index contributed by atoms with van der Waals surface area (Å²) >= 11 is 0. The number of aliphatic imine (C=N–C) groups is 1. The molecule has 6 nitrogen and oxygen atoms in total. The second-order valence-electron chi connectivity index (χ2n) is 6.97. The number of benzene rings is 1. The van der Waals surface area contributed by atoms with E-state index in [1.54, 1.807) is 0 Å². The fraction of sp³-hybridized carbons (Fsp3) is 0.636. The van der Waals surface area contributed by atoms with E-state index in [1.165, 1.54) is 6.42 Å². The summed E-state index contributed by atoms with van der Waals surface area (Å²) in [4.78, 5) is 19.1. The van der Waals surface area contributed by atoms with Gasteiger partial charge in [0.15, 0.2) is 5.96 Å². The van der Waals surface area contributed by atoms with Gasteiger partial charge in [0.1, 0.15) is 0 Å². The summed E-state index contributed by atoms with van der Waals surface area (Å²) in [5.41, 5.74) is 1.70. The maximum Gasteiger partial charge on any atom is 0.251 e. The van der Waals surface area contributed by atoms with Gasteiger partial charge in [-0.2, -0.15) is 0 Å². The van der Waals surface area contributed by atoms with Gasteiger partial charge in [-0.3, -0.25) is 4.79 Å². The number of nitrogens with one attached hydrogen (secondary N) is 3. The number of amides is 1. The van der Waals surface area contributed by atoms with Crippen molar-refractivity contribution >= 4 is 11.9 Å². The van der Waals surface area contributed by atoms with Crippen molar-refractivity contribution in [2.75, 3.05) is 32.7 Å². The summed E-state index contributed by atoms with van der Waals surface area (Å²) in [5.74, 6) is 0.779. The first kappa shape index (κ1) is 24.0. The Morgan fingerprint density at radius 1 is 1.11 bits per heavy atom. The Hall–Kier alpha value is -2.08. The molecule has 0 aliphatic heterocycles. The van der Waals surface area contributed by atoms with Crippen molar-refractivity contribution in [2.45, 2.75) is 60.0 Å². The lowest BCUT2D eigenvalue weighted by atomic mass is 10.1. The zero-order valence-electron chi connectivity index (χ0n) is 18.3. The van der Waals surface area contributed by atoms with Gasteiger partial charge in [-0.1, -0.05) is 26.0 Å². The second-order valence-corrected chi connectivity index (χ2v) is 6.97. The Bertz CT molecular complexity index is 598. The molecule has 0 heterocycles. The molecule has 0 saturated heterocycles. The minimum absolute atomic E-state index is 0.0415. The quantitative estimate of drug-likeness (QED) is 0.380. The van der Waals surface area contributed by atoms with Crippen LogP contribution in [-0.2, 0) is 6.54 Å². The van der Waals surface area contributed by atoms with E-state index in [9.17, 15) is 4.79 Å². The maximum absolute atomic E-state index is 12.0. The summed E-state index contributed by atoms with van der Waals surface area (Å²) in [6.07, 6.45) is 2.28. The van der Waals surface area contributed by atoms with Gasteiger partial charge in [-0.15, -0.1) is 0 Å². The molecule has 0 aliphatic rings. The number of hydrogen-bond acceptors (Lipinski definition) is 3. The van der Waals surface area contributed by atoms with E-state index in [4.69, 9.17) is 4.99 Å². The molecule has 0 aromatic heterocycles. The van der Waals surface area contributed by atoms with Gasteiger partial charge in [-0.25, -0.2) is 4.99 Å². The summed E-state index contributed by atoms with van der Waals surface area (Å²) in [6.45, 7) is 15.9. The molecule has 1 amide bonds. The Balaban J connectivity index is 2.61. The molecule has 158 valence electrons. The van der Waals surface area contributed by atoms with Crippen LogP contribution >= 0.6 is 0 Å². The lowest BCUT2D eigenvalue weighted by Gasteiger charge is -2.21. The molecule has 1 unspecified atom stereocenters. The van der Waals surface area contributed by atoms with Gasteiger partial charge < -0.3 is 20.9 Å². The van der Waals surface area contributed by atoms with Crippen LogP contribution in [0.15, 0.2) is 29.3 Å². The zero-order chi connectivity index (χ0) is 20.8. The van der Waals surface area contributed by atoms with Crippen molar-refractivity contribution in [3.8, 4) is 0 Å². The Labute approximate surface area is 171 Å². The molecule has 0 fully saturated rings. The van der Waals surface area contributed by atoms with E-state index in [2.05, 4.69) is 48.5 Å². The van der Waals surface area contributed by atoms with Crippen LogP contribution < -0.4 is 16.0 Å². The van der Waals surface area contributed by atoms with E-state index in [-0.39, 0.29) is 5.91 Å². The van der Waals surface area contributed by atoms with Crippen molar-refractivity contribution in [3.63, 3.8) is 0 Å². The Morgan fingerprint density at radius 3 is 2.46 bits per heavy atom. The van der Waals surface area contributed by atoms with Crippen LogP contribution in [0, 0.1) is 0 Å². The Morgan fingerprint density at radius 2 is 1.82 bits per heavy atom. The largest absolute Gasteiger partial charge is 0.357 e. The maximum atomic E-state index is 12.0. The van der Waals surface area contributed by atoms with E-state index >= 15 is 0 Å². The molecule has 1 rings (SSSR count). The van der Waals surface area contributed by atoms with Crippen LogP contribution in [0.4, 0.5) is 0 Å². The first-order chi connectivity index (χ1) is 13.5. The summed E-state index contributed by atoms with van der Waals surface area (Å²) in [7, 11) is 0. The third-order valence-electron chi connectivity index (χ3n) is 4.68. The van der Waals surface area contributed by atoms with E-state index in [0.717, 1.165) is 44.1 Å². The normalized spacial score (nSPS) is 12.7. The van der Waals surface area contributed by atoms with Crippen LogP contribution in [0.5, 0.6) is 0 Å². The van der Waals surface area contributed by atoms with Crippen LogP contribution in [0.2, 0.25) is 0 Å². The average Bonchev–Trinajstić information content (AvgIpc) is 2.70. The third-order valence-corrected chi connectivity index (χ3v) is 4.68. The molecule has 3 N–H and O–H groups in total. The van der Waals surface area contributed by atoms with Crippen molar-refractivity contribution in [2.24, 2.45) is 4.99 Å². The molecule has 0 bridgehead atoms. The summed E-state index contributed by atoms with van der Waals surface area (Å²) in [6, 6.07) is 8.01. The molecular weight excluding hydrogens is 350 g/mol. The molecule has 28 heavy (non-hydrogen) atoms. The molecule has 0 radical (unpaired) electrons. The minimum Gasteiger partial charge on any atom is -0.357 e. The monoisotopic (exact) mass is 389 g/mol. The van der Waals surface area contributed by atoms with Crippen molar-refractivity contribution in [3.05, 3.63) is 35.4 Å². The topological polar surface area (TPSA) is 68.8 Å². The fourth-order valence-corrected chi connectivity index (χ4v) is 3.03. The van der Waals surface area contributed by atoms with Crippen LogP contribution in [0.1, 0.15) is 63.4 Å². The van der Waals surface area contributed by atoms with Gasteiger partial charge in [0, 0.05) is 24.7 Å². The summed E-state index contributed by atoms with van der Waals surface area (Å²) in [5, 5.41) is 9.64. The standard InChI is InChI=1S/C22H39N5O/c1-6-23-21(28)20-14-10-13-19(16-20)17-25-22(24-7-2)26-18(5)12-11-15-27(8-3)9-4/h10,13-14,16,18H,6-9,11-12,15,17H2,1-5H3,(H,23,28)(H2,24,25,26). The molecular formula is C22H39N5O. The second kappa shape index (κ2) is 14.0. The van der Waals surface area contributed by atoms with Gasteiger partial charge >= 0.3 is 0 Å². The molecule has 0 aliphatic carbocycles. The van der Waals surface area contributed by atoms with Crippen LogP contribution in [0.25, 0.3) is 0 Å². The third kappa shape index (κ3) is 9.22. The molecule has 6 heteroatoms. The van der Waals surface area contributed by atoms with Gasteiger partial charge in [0.2, 0.25) is 0 Å². The number of rotatable bonds is 12. The zero-order valence-corrected chi connectivity index (χ0v) is 18.3. The molecule has 0 saturated carbocycles. The van der Waals surface area contributed by atoms with E-state index in [1.807, 2.05) is 31.2 Å². The SMILES string of the molecule is CCNC(=O)c1cccc(CN=C(NCC)NC(C)CCCN(CC)CC)c1. The predicted molar refractivity (Wildman–Crippen MR) is 119 cm³/mol. The minimum atomic E-state index is -0.0415. The van der Waals surface area contributed by atoms with Gasteiger partial charge in [-0.05, 0) is 70.9 Å². The highest BCUT2D eigenvalue weighted by molar-refractivity contribution is 5.94.